The summed E-state index contributed by atoms with van der Waals surface area (Å²) in [6, 6.07) is 18.5. The number of aryl methyl sites for hydroxylation is 1. The number of hydrogen-bond donors (Lipinski definition) is 4. The first-order valence-electron chi connectivity index (χ1n) is 12.5. The molecular weight excluding hydrogens is 488 g/mol. The molecule has 0 heterocycles. The van der Waals surface area contributed by atoms with Crippen LogP contribution in [0.25, 0.3) is 0 Å². The van der Waals surface area contributed by atoms with Gasteiger partial charge >= 0.3 is 12.2 Å². The predicted octanol–water partition coefficient (Wildman–Crippen LogP) is 3.57. The van der Waals surface area contributed by atoms with Crippen molar-refractivity contribution in [3.63, 3.8) is 0 Å². The van der Waals surface area contributed by atoms with Crippen molar-refractivity contribution in [2.75, 3.05) is 13.1 Å². The largest absolute Gasteiger partial charge is 0.445 e. The SMILES string of the molecule is CC(C)(C)OC(=O)NCCCCC(NC(=O)OCc1ccccc1)C(=O)NCC(N)=O.Cc1ccccc1. The minimum Gasteiger partial charge on any atom is -0.445 e. The van der Waals surface area contributed by atoms with Gasteiger partial charge in [-0.25, -0.2) is 9.59 Å². The molecule has 0 spiro atoms. The van der Waals surface area contributed by atoms with Crippen molar-refractivity contribution in [2.24, 2.45) is 5.73 Å². The normalized spacial score (nSPS) is 11.2. The van der Waals surface area contributed by atoms with Gasteiger partial charge in [0.2, 0.25) is 11.8 Å². The number of nitrogens with two attached hydrogens (primary N) is 1. The monoisotopic (exact) mass is 528 g/mol. The van der Waals surface area contributed by atoms with E-state index in [9.17, 15) is 19.2 Å². The molecule has 0 radical (unpaired) electrons. The second-order valence-electron chi connectivity index (χ2n) is 9.52. The van der Waals surface area contributed by atoms with Gasteiger partial charge in [0.15, 0.2) is 0 Å². The summed E-state index contributed by atoms with van der Waals surface area (Å²) in [5, 5.41) is 7.50. The van der Waals surface area contributed by atoms with Crippen LogP contribution >= 0.6 is 0 Å². The summed E-state index contributed by atoms with van der Waals surface area (Å²) >= 11 is 0. The highest BCUT2D eigenvalue weighted by atomic mass is 16.6. The van der Waals surface area contributed by atoms with Gasteiger partial charge in [0.25, 0.3) is 0 Å². The fraction of sp³-hybridized carbons (Fsp3) is 0.429. The Morgan fingerprint density at radius 3 is 2.00 bits per heavy atom. The second-order valence-corrected chi connectivity index (χ2v) is 9.52. The van der Waals surface area contributed by atoms with Crippen LogP contribution in [0, 0.1) is 6.92 Å². The molecule has 4 amide bonds. The molecule has 5 N–H and O–H groups in total. The van der Waals surface area contributed by atoms with Crippen molar-refractivity contribution in [2.45, 2.75) is 65.2 Å². The van der Waals surface area contributed by atoms with Crippen molar-refractivity contribution < 1.29 is 28.7 Å². The molecule has 38 heavy (non-hydrogen) atoms. The second kappa shape index (κ2) is 17.4. The zero-order valence-electron chi connectivity index (χ0n) is 22.6. The van der Waals surface area contributed by atoms with Crippen LogP contribution in [0.2, 0.25) is 0 Å². The van der Waals surface area contributed by atoms with Crippen molar-refractivity contribution in [3.8, 4) is 0 Å². The lowest BCUT2D eigenvalue weighted by atomic mass is 10.1. The standard InChI is InChI=1S/C21H32N4O6.C7H8/c1-21(2,3)31-19(28)23-12-8-7-11-16(18(27)24-13-17(22)26)25-20(29)30-14-15-9-5-4-6-10-15;1-7-5-3-2-4-6-7/h4-6,9-10,16H,7-8,11-14H2,1-3H3,(H2,22,26)(H,23,28)(H,24,27)(H,25,29);2-6H,1H3. The van der Waals surface area contributed by atoms with Crippen LogP contribution < -0.4 is 21.7 Å². The van der Waals surface area contributed by atoms with E-state index in [1.54, 1.807) is 20.8 Å². The van der Waals surface area contributed by atoms with Crippen LogP contribution in [-0.4, -0.2) is 48.7 Å². The maximum atomic E-state index is 12.3. The van der Waals surface area contributed by atoms with E-state index in [2.05, 4.69) is 35.0 Å². The molecule has 0 aliphatic rings. The van der Waals surface area contributed by atoms with Gasteiger partial charge in [-0.05, 0) is 52.5 Å². The number of rotatable bonds is 11. The Kier molecular flexibility index (Phi) is 14.6. The number of unbranched alkanes of at least 4 members (excludes halogenated alkanes) is 1. The first-order valence-corrected chi connectivity index (χ1v) is 12.5. The van der Waals surface area contributed by atoms with Gasteiger partial charge in [0.05, 0.1) is 6.54 Å². The average molecular weight is 529 g/mol. The highest BCUT2D eigenvalue weighted by Gasteiger charge is 2.22. The summed E-state index contributed by atoms with van der Waals surface area (Å²) in [5.41, 5.74) is 6.59. The lowest BCUT2D eigenvalue weighted by Crippen LogP contribution is -2.48. The van der Waals surface area contributed by atoms with Crippen LogP contribution in [0.4, 0.5) is 9.59 Å². The molecule has 208 valence electrons. The number of alkyl carbamates (subject to hydrolysis) is 2. The molecule has 10 nitrogen and oxygen atoms in total. The van der Waals surface area contributed by atoms with E-state index < -0.39 is 35.6 Å². The smallest absolute Gasteiger partial charge is 0.408 e. The highest BCUT2D eigenvalue weighted by Crippen LogP contribution is 2.07. The summed E-state index contributed by atoms with van der Waals surface area (Å²) in [5.74, 6) is -1.24. The summed E-state index contributed by atoms with van der Waals surface area (Å²) in [4.78, 5) is 47.0. The van der Waals surface area contributed by atoms with Gasteiger partial charge in [0.1, 0.15) is 18.2 Å². The Balaban J connectivity index is 0.000000884. The summed E-state index contributed by atoms with van der Waals surface area (Å²) in [6.07, 6.45) is 0.0742. The van der Waals surface area contributed by atoms with E-state index in [-0.39, 0.29) is 19.6 Å². The molecule has 1 unspecified atom stereocenters. The van der Waals surface area contributed by atoms with Gasteiger partial charge in [-0.3, -0.25) is 9.59 Å². The number of carbonyl (C=O) groups is 4. The van der Waals surface area contributed by atoms with Gasteiger partial charge < -0.3 is 31.2 Å². The number of carbonyl (C=O) groups excluding carboxylic acids is 4. The minimum absolute atomic E-state index is 0.0576. The number of amides is 4. The number of nitrogens with one attached hydrogen (secondary N) is 3. The van der Waals surface area contributed by atoms with Gasteiger partial charge in [0, 0.05) is 6.54 Å². The van der Waals surface area contributed by atoms with E-state index >= 15 is 0 Å². The molecule has 0 saturated heterocycles. The lowest BCUT2D eigenvalue weighted by Gasteiger charge is -2.20. The Labute approximate surface area is 224 Å². The Bertz CT molecular complexity index is 993. The number of ether oxygens (including phenoxy) is 2. The fourth-order valence-electron chi connectivity index (χ4n) is 2.99. The van der Waals surface area contributed by atoms with Crippen LogP contribution in [0.5, 0.6) is 0 Å². The highest BCUT2D eigenvalue weighted by molar-refractivity contribution is 5.88. The number of primary amides is 1. The molecule has 0 aromatic heterocycles. The number of hydrogen-bond acceptors (Lipinski definition) is 6. The Hall–Kier alpha value is -4.08. The zero-order chi connectivity index (χ0) is 28.4. The van der Waals surface area contributed by atoms with E-state index in [1.165, 1.54) is 5.56 Å². The van der Waals surface area contributed by atoms with Crippen LogP contribution in [0.1, 0.15) is 51.2 Å². The van der Waals surface area contributed by atoms with Crippen molar-refractivity contribution in [1.29, 1.82) is 0 Å². The van der Waals surface area contributed by atoms with E-state index in [0.29, 0.717) is 19.4 Å². The lowest BCUT2D eigenvalue weighted by molar-refractivity contribution is -0.126. The predicted molar refractivity (Wildman–Crippen MR) is 145 cm³/mol. The molecule has 2 aromatic carbocycles. The number of benzene rings is 2. The zero-order valence-corrected chi connectivity index (χ0v) is 22.6. The van der Waals surface area contributed by atoms with E-state index in [0.717, 1.165) is 5.56 Å². The van der Waals surface area contributed by atoms with Crippen molar-refractivity contribution in [1.82, 2.24) is 16.0 Å². The van der Waals surface area contributed by atoms with Crippen molar-refractivity contribution in [3.05, 3.63) is 71.8 Å². The first-order chi connectivity index (χ1) is 18.0. The maximum Gasteiger partial charge on any atom is 0.408 e. The molecule has 0 fully saturated rings. The molecule has 0 aliphatic carbocycles. The van der Waals surface area contributed by atoms with Crippen LogP contribution in [0.15, 0.2) is 60.7 Å². The van der Waals surface area contributed by atoms with E-state index in [1.807, 2.05) is 48.5 Å². The third-order valence-corrected chi connectivity index (χ3v) is 4.79. The molecule has 0 saturated carbocycles. The fourth-order valence-corrected chi connectivity index (χ4v) is 2.99. The molecule has 0 aliphatic heterocycles. The quantitative estimate of drug-likeness (QED) is 0.328. The van der Waals surface area contributed by atoms with Gasteiger partial charge in [-0.1, -0.05) is 66.2 Å². The summed E-state index contributed by atoms with van der Waals surface area (Å²) in [6.45, 7) is 7.46. The van der Waals surface area contributed by atoms with Gasteiger partial charge in [-0.2, -0.15) is 0 Å². The first kappa shape index (κ1) is 31.9. The summed E-state index contributed by atoms with van der Waals surface area (Å²) < 4.78 is 10.3. The third-order valence-electron chi connectivity index (χ3n) is 4.79. The molecular formula is C28H40N4O6. The Morgan fingerprint density at radius 1 is 0.868 bits per heavy atom. The van der Waals surface area contributed by atoms with Crippen LogP contribution in [-0.2, 0) is 25.7 Å². The molecule has 0 bridgehead atoms. The molecule has 2 rings (SSSR count). The molecule has 2 aromatic rings. The van der Waals surface area contributed by atoms with Gasteiger partial charge in [-0.15, -0.1) is 0 Å². The third kappa shape index (κ3) is 16.6. The van der Waals surface area contributed by atoms with Crippen molar-refractivity contribution >= 4 is 24.0 Å². The van der Waals surface area contributed by atoms with E-state index in [4.69, 9.17) is 15.2 Å². The van der Waals surface area contributed by atoms with Crippen LogP contribution in [0.3, 0.4) is 0 Å². The molecule has 10 heteroatoms. The molecule has 1 atom stereocenters. The minimum atomic E-state index is -0.913. The topological polar surface area (TPSA) is 149 Å². The average Bonchev–Trinajstić information content (AvgIpc) is 2.85. The maximum absolute atomic E-state index is 12.3. The Morgan fingerprint density at radius 2 is 1.47 bits per heavy atom. The summed E-state index contributed by atoms with van der Waals surface area (Å²) in [7, 11) is 0.